The third kappa shape index (κ3) is 7.59. The molecular weight excluding hydrogens is 533 g/mol. The number of hydrogen-bond donors (Lipinski definition) is 1. The van der Waals surface area contributed by atoms with Gasteiger partial charge in [0, 0.05) is 13.1 Å². The fourth-order valence-electron chi connectivity index (χ4n) is 4.09. The first-order valence-corrected chi connectivity index (χ1v) is 14.6. The number of amides is 2. The Morgan fingerprint density at radius 3 is 2.23 bits per heavy atom. The fourth-order valence-corrected chi connectivity index (χ4v) is 5.50. The Balaban J connectivity index is 2.03. The van der Waals surface area contributed by atoms with E-state index in [9.17, 15) is 22.4 Å². The third-order valence-corrected chi connectivity index (χ3v) is 8.22. The van der Waals surface area contributed by atoms with Gasteiger partial charge in [-0.25, -0.2) is 12.8 Å². The fraction of sp³-hybridized carbons (Fsp3) is 0.333. The van der Waals surface area contributed by atoms with E-state index in [4.69, 9.17) is 4.74 Å². The SMILES string of the molecule is CCCNC(=O)[C@H](C)N(Cc1ccccc1C)C(=O)CN(c1ccc(OCC)cc1)S(=O)(=O)c1ccc(F)cc1. The number of rotatable bonds is 13. The molecule has 214 valence electrons. The van der Waals surface area contributed by atoms with Crippen molar-refractivity contribution in [2.24, 2.45) is 0 Å². The maximum Gasteiger partial charge on any atom is 0.264 e. The zero-order valence-electron chi connectivity index (χ0n) is 23.3. The van der Waals surface area contributed by atoms with Gasteiger partial charge in [-0.05, 0) is 86.8 Å². The Morgan fingerprint density at radius 2 is 1.62 bits per heavy atom. The lowest BCUT2D eigenvalue weighted by atomic mass is 10.1. The summed E-state index contributed by atoms with van der Waals surface area (Å²) < 4.78 is 47.6. The molecule has 0 aliphatic rings. The van der Waals surface area contributed by atoms with Crippen molar-refractivity contribution in [1.29, 1.82) is 0 Å². The van der Waals surface area contributed by atoms with Gasteiger partial charge in [0.1, 0.15) is 24.2 Å². The van der Waals surface area contributed by atoms with Gasteiger partial charge in [-0.15, -0.1) is 0 Å². The van der Waals surface area contributed by atoms with Crippen LogP contribution in [-0.2, 0) is 26.2 Å². The summed E-state index contributed by atoms with van der Waals surface area (Å²) >= 11 is 0. The lowest BCUT2D eigenvalue weighted by Crippen LogP contribution is -2.51. The number of carbonyl (C=O) groups is 2. The van der Waals surface area contributed by atoms with Crippen molar-refractivity contribution in [2.75, 3.05) is 24.0 Å². The molecule has 0 spiro atoms. The molecule has 1 N–H and O–H groups in total. The highest BCUT2D eigenvalue weighted by Crippen LogP contribution is 2.27. The predicted octanol–water partition coefficient (Wildman–Crippen LogP) is 4.67. The van der Waals surface area contributed by atoms with Gasteiger partial charge in [-0.3, -0.25) is 13.9 Å². The van der Waals surface area contributed by atoms with Crippen molar-refractivity contribution in [3.8, 4) is 5.75 Å². The van der Waals surface area contributed by atoms with Crippen LogP contribution in [0.15, 0.2) is 77.7 Å². The molecule has 1 atom stereocenters. The standard InChI is InChI=1S/C30H36FN3O5S/c1-5-19-32-30(36)23(4)33(20-24-10-8-7-9-22(24)3)29(35)21-34(26-13-15-27(16-14-26)39-6-2)40(37,38)28-17-11-25(31)12-18-28/h7-18,23H,5-6,19-21H2,1-4H3,(H,32,36)/t23-/m0/s1. The molecule has 10 heteroatoms. The highest BCUT2D eigenvalue weighted by molar-refractivity contribution is 7.92. The van der Waals surface area contributed by atoms with Gasteiger partial charge in [0.05, 0.1) is 17.2 Å². The molecule has 0 radical (unpaired) electrons. The molecule has 0 fully saturated rings. The van der Waals surface area contributed by atoms with E-state index in [1.807, 2.05) is 45.0 Å². The number of sulfonamides is 1. The topological polar surface area (TPSA) is 96.0 Å². The van der Waals surface area contributed by atoms with E-state index in [0.29, 0.717) is 18.9 Å². The molecule has 0 saturated heterocycles. The van der Waals surface area contributed by atoms with Crippen LogP contribution in [0.2, 0.25) is 0 Å². The quantitative estimate of drug-likeness (QED) is 0.323. The maximum atomic E-state index is 13.9. The number of nitrogens with one attached hydrogen (secondary N) is 1. The molecule has 0 aliphatic heterocycles. The van der Waals surface area contributed by atoms with Crippen LogP contribution in [0, 0.1) is 12.7 Å². The zero-order valence-corrected chi connectivity index (χ0v) is 24.1. The van der Waals surface area contributed by atoms with Crippen LogP contribution >= 0.6 is 0 Å². The van der Waals surface area contributed by atoms with E-state index in [1.165, 1.54) is 4.90 Å². The Labute approximate surface area is 235 Å². The average Bonchev–Trinajstić information content (AvgIpc) is 2.94. The van der Waals surface area contributed by atoms with Crippen LogP contribution in [0.3, 0.4) is 0 Å². The summed E-state index contributed by atoms with van der Waals surface area (Å²) in [6, 6.07) is 17.4. The highest BCUT2D eigenvalue weighted by Gasteiger charge is 2.32. The van der Waals surface area contributed by atoms with E-state index in [1.54, 1.807) is 31.2 Å². The van der Waals surface area contributed by atoms with E-state index in [0.717, 1.165) is 46.1 Å². The van der Waals surface area contributed by atoms with Crippen molar-refractivity contribution < 1.29 is 27.1 Å². The number of halogens is 1. The smallest absolute Gasteiger partial charge is 0.264 e. The van der Waals surface area contributed by atoms with Crippen molar-refractivity contribution in [1.82, 2.24) is 10.2 Å². The zero-order chi connectivity index (χ0) is 29.3. The molecule has 0 heterocycles. The number of nitrogens with zero attached hydrogens (tertiary/aromatic N) is 2. The summed E-state index contributed by atoms with van der Waals surface area (Å²) in [5.41, 5.74) is 1.99. The van der Waals surface area contributed by atoms with Gasteiger partial charge in [-0.1, -0.05) is 31.2 Å². The summed E-state index contributed by atoms with van der Waals surface area (Å²) in [5.74, 6) is -0.946. The number of aryl methyl sites for hydroxylation is 1. The second-order valence-electron chi connectivity index (χ2n) is 9.31. The van der Waals surface area contributed by atoms with Crippen LogP contribution in [-0.4, -0.2) is 50.9 Å². The van der Waals surface area contributed by atoms with Crippen molar-refractivity contribution in [2.45, 2.75) is 51.6 Å². The monoisotopic (exact) mass is 569 g/mol. The molecule has 2 amide bonds. The number of hydrogen-bond acceptors (Lipinski definition) is 5. The van der Waals surface area contributed by atoms with Crippen molar-refractivity contribution in [3.05, 3.63) is 89.7 Å². The lowest BCUT2D eigenvalue weighted by Gasteiger charge is -2.32. The number of ether oxygens (including phenoxy) is 1. The number of benzene rings is 3. The minimum Gasteiger partial charge on any atom is -0.494 e. The van der Waals surface area contributed by atoms with Gasteiger partial charge < -0.3 is 15.0 Å². The molecule has 0 bridgehead atoms. The third-order valence-electron chi connectivity index (χ3n) is 6.43. The first-order valence-electron chi connectivity index (χ1n) is 13.2. The van der Waals surface area contributed by atoms with Crippen molar-refractivity contribution in [3.63, 3.8) is 0 Å². The molecule has 0 aliphatic carbocycles. The van der Waals surface area contributed by atoms with E-state index in [2.05, 4.69) is 5.32 Å². The van der Waals surface area contributed by atoms with Crippen LogP contribution in [0.4, 0.5) is 10.1 Å². The normalized spacial score (nSPS) is 11.9. The second-order valence-corrected chi connectivity index (χ2v) is 11.2. The summed E-state index contributed by atoms with van der Waals surface area (Å²) in [6.07, 6.45) is 0.728. The van der Waals surface area contributed by atoms with Crippen LogP contribution in [0.5, 0.6) is 5.75 Å². The van der Waals surface area contributed by atoms with Crippen LogP contribution in [0.1, 0.15) is 38.3 Å². The number of carbonyl (C=O) groups excluding carboxylic acids is 2. The van der Waals surface area contributed by atoms with Crippen molar-refractivity contribution >= 4 is 27.5 Å². The van der Waals surface area contributed by atoms with E-state index < -0.39 is 34.3 Å². The highest BCUT2D eigenvalue weighted by atomic mass is 32.2. The van der Waals surface area contributed by atoms with E-state index in [-0.39, 0.29) is 23.0 Å². The Kier molecular flexibility index (Phi) is 10.7. The first kappa shape index (κ1) is 30.6. The summed E-state index contributed by atoms with van der Waals surface area (Å²) in [5, 5.41) is 2.82. The van der Waals surface area contributed by atoms with Crippen LogP contribution < -0.4 is 14.4 Å². The molecule has 8 nitrogen and oxygen atoms in total. The molecule has 3 aromatic carbocycles. The second kappa shape index (κ2) is 13.9. The summed E-state index contributed by atoms with van der Waals surface area (Å²) in [6.45, 7) is 7.70. The van der Waals surface area contributed by atoms with Gasteiger partial charge >= 0.3 is 0 Å². The molecule has 0 aromatic heterocycles. The van der Waals surface area contributed by atoms with Gasteiger partial charge in [0.25, 0.3) is 10.0 Å². The van der Waals surface area contributed by atoms with Gasteiger partial charge in [-0.2, -0.15) is 0 Å². The Morgan fingerprint density at radius 1 is 0.975 bits per heavy atom. The molecule has 0 saturated carbocycles. The molecular formula is C30H36FN3O5S. The van der Waals surface area contributed by atoms with Gasteiger partial charge in [0.15, 0.2) is 0 Å². The summed E-state index contributed by atoms with van der Waals surface area (Å²) in [7, 11) is -4.29. The van der Waals surface area contributed by atoms with Crippen LogP contribution in [0.25, 0.3) is 0 Å². The Bertz CT molecular complexity index is 1400. The van der Waals surface area contributed by atoms with E-state index >= 15 is 0 Å². The first-order chi connectivity index (χ1) is 19.1. The Hall–Kier alpha value is -3.92. The number of anilines is 1. The molecule has 0 unspecified atom stereocenters. The predicted molar refractivity (Wildman–Crippen MR) is 153 cm³/mol. The summed E-state index contributed by atoms with van der Waals surface area (Å²) in [4.78, 5) is 28.1. The lowest BCUT2D eigenvalue weighted by molar-refractivity contribution is -0.139. The minimum atomic E-state index is -4.29. The molecule has 40 heavy (non-hydrogen) atoms. The molecule has 3 rings (SSSR count). The largest absolute Gasteiger partial charge is 0.494 e. The van der Waals surface area contributed by atoms with Gasteiger partial charge in [0.2, 0.25) is 11.8 Å². The average molecular weight is 570 g/mol. The molecule has 3 aromatic rings. The minimum absolute atomic E-state index is 0.111. The maximum absolute atomic E-state index is 13.9.